The summed E-state index contributed by atoms with van der Waals surface area (Å²) in [5, 5.41) is 3.71. The van der Waals surface area contributed by atoms with Gasteiger partial charge in [-0.1, -0.05) is 19.8 Å². The number of thioether (sulfide) groups is 1. The fraction of sp³-hybridized carbons (Fsp3) is 1.00. The summed E-state index contributed by atoms with van der Waals surface area (Å²) < 4.78 is 0. The molecule has 1 unspecified atom stereocenters. The highest BCUT2D eigenvalue weighted by atomic mass is 32.2. The molecule has 0 radical (unpaired) electrons. The van der Waals surface area contributed by atoms with Crippen molar-refractivity contribution in [3.05, 3.63) is 0 Å². The summed E-state index contributed by atoms with van der Waals surface area (Å²) in [5.41, 5.74) is 0. The Kier molecular flexibility index (Phi) is 2.15. The van der Waals surface area contributed by atoms with Crippen LogP contribution in [-0.2, 0) is 0 Å². The maximum Gasteiger partial charge on any atom is 0.0645 e. The quantitative estimate of drug-likeness (QED) is 0.600. The Labute approximate surface area is 73.3 Å². The second-order valence-electron chi connectivity index (χ2n) is 4.00. The maximum absolute atomic E-state index is 3.71. The normalized spacial score (nSPS) is 36.3. The van der Waals surface area contributed by atoms with Gasteiger partial charge in [0, 0.05) is 0 Å². The fourth-order valence-electron chi connectivity index (χ4n) is 2.04. The molecule has 0 aromatic rings. The van der Waals surface area contributed by atoms with Crippen LogP contribution in [0.5, 0.6) is 0 Å². The molecule has 11 heavy (non-hydrogen) atoms. The van der Waals surface area contributed by atoms with Gasteiger partial charge in [-0.15, -0.1) is 11.8 Å². The largest absolute Gasteiger partial charge is 0.303 e. The summed E-state index contributed by atoms with van der Waals surface area (Å²) in [7, 11) is 0. The van der Waals surface area contributed by atoms with Crippen molar-refractivity contribution < 1.29 is 0 Å². The molecule has 1 saturated heterocycles. The Balaban J connectivity index is 1.94. The molecule has 1 heterocycles. The Hall–Kier alpha value is 0.310. The highest BCUT2D eigenvalue weighted by Crippen LogP contribution is 2.42. The lowest BCUT2D eigenvalue weighted by Gasteiger charge is -2.36. The Bertz CT molecular complexity index is 130. The first kappa shape index (κ1) is 7.93. The molecule has 1 aliphatic heterocycles. The van der Waals surface area contributed by atoms with E-state index in [1.54, 1.807) is 0 Å². The van der Waals surface area contributed by atoms with E-state index in [1.807, 2.05) is 0 Å². The zero-order valence-corrected chi connectivity index (χ0v) is 8.04. The van der Waals surface area contributed by atoms with Crippen LogP contribution < -0.4 is 5.32 Å². The molecule has 2 rings (SSSR count). The predicted molar refractivity (Wildman–Crippen MR) is 50.8 cm³/mol. The van der Waals surface area contributed by atoms with E-state index in [0.29, 0.717) is 4.87 Å². The Morgan fingerprint density at radius 2 is 2.09 bits per heavy atom. The van der Waals surface area contributed by atoms with Gasteiger partial charge in [0.2, 0.25) is 0 Å². The minimum atomic E-state index is 0.520. The van der Waals surface area contributed by atoms with E-state index in [0.717, 1.165) is 5.92 Å². The third-order valence-electron chi connectivity index (χ3n) is 2.83. The molecule has 0 aromatic carbocycles. The summed E-state index contributed by atoms with van der Waals surface area (Å²) in [5.74, 6) is 2.25. The molecule has 0 amide bonds. The zero-order valence-electron chi connectivity index (χ0n) is 7.23. The van der Waals surface area contributed by atoms with E-state index < -0.39 is 0 Å². The second kappa shape index (κ2) is 2.98. The second-order valence-corrected chi connectivity index (χ2v) is 5.40. The molecule has 1 saturated carbocycles. The van der Waals surface area contributed by atoms with Crippen molar-refractivity contribution in [1.29, 1.82) is 0 Å². The number of hydrogen-bond acceptors (Lipinski definition) is 2. The lowest BCUT2D eigenvalue weighted by atomic mass is 10.1. The molecule has 1 N–H and O–H groups in total. The van der Waals surface area contributed by atoms with Crippen molar-refractivity contribution in [2.24, 2.45) is 5.92 Å². The summed E-state index contributed by atoms with van der Waals surface area (Å²) in [6.07, 6.45) is 5.69. The first-order valence-corrected chi connectivity index (χ1v) is 5.68. The minimum Gasteiger partial charge on any atom is -0.303 e. The van der Waals surface area contributed by atoms with Crippen molar-refractivity contribution in [3.8, 4) is 0 Å². The van der Waals surface area contributed by atoms with Crippen molar-refractivity contribution >= 4 is 11.8 Å². The summed E-state index contributed by atoms with van der Waals surface area (Å²) in [6.45, 7) is 3.58. The van der Waals surface area contributed by atoms with Crippen molar-refractivity contribution in [1.82, 2.24) is 5.32 Å². The molecule has 1 atom stereocenters. The number of rotatable bonds is 0. The fourth-order valence-corrected chi connectivity index (χ4v) is 3.52. The van der Waals surface area contributed by atoms with Gasteiger partial charge in [-0.25, -0.2) is 0 Å². The van der Waals surface area contributed by atoms with Crippen LogP contribution >= 0.6 is 11.8 Å². The van der Waals surface area contributed by atoms with Crippen LogP contribution in [0.4, 0.5) is 0 Å². The lowest BCUT2D eigenvalue weighted by Crippen LogP contribution is -2.46. The minimum absolute atomic E-state index is 0.520. The third-order valence-corrected chi connectivity index (χ3v) is 4.67. The van der Waals surface area contributed by atoms with Gasteiger partial charge >= 0.3 is 0 Å². The predicted octanol–water partition coefficient (Wildman–Crippen LogP) is 2.23. The van der Waals surface area contributed by atoms with Gasteiger partial charge in [-0.2, -0.15) is 0 Å². The SMILES string of the molecule is CC1CNC2(CCCC2)SC1. The van der Waals surface area contributed by atoms with Crippen LogP contribution in [0.15, 0.2) is 0 Å². The van der Waals surface area contributed by atoms with Crippen LogP contribution in [0, 0.1) is 5.92 Å². The highest BCUT2D eigenvalue weighted by molar-refractivity contribution is 8.00. The monoisotopic (exact) mass is 171 g/mol. The van der Waals surface area contributed by atoms with Crippen molar-refractivity contribution in [2.45, 2.75) is 37.5 Å². The van der Waals surface area contributed by atoms with Gasteiger partial charge in [0.05, 0.1) is 4.87 Å². The molecule has 1 nitrogen and oxygen atoms in total. The van der Waals surface area contributed by atoms with Crippen LogP contribution in [0.3, 0.4) is 0 Å². The molecular weight excluding hydrogens is 154 g/mol. The van der Waals surface area contributed by atoms with E-state index >= 15 is 0 Å². The highest BCUT2D eigenvalue weighted by Gasteiger charge is 2.36. The third kappa shape index (κ3) is 1.57. The van der Waals surface area contributed by atoms with Gasteiger partial charge in [0.1, 0.15) is 0 Å². The number of nitrogens with one attached hydrogen (secondary N) is 1. The van der Waals surface area contributed by atoms with Gasteiger partial charge in [0.15, 0.2) is 0 Å². The van der Waals surface area contributed by atoms with Crippen LogP contribution in [0.2, 0.25) is 0 Å². The lowest BCUT2D eigenvalue weighted by molar-refractivity contribution is 0.415. The topological polar surface area (TPSA) is 12.0 Å². The average molecular weight is 171 g/mol. The summed E-state index contributed by atoms with van der Waals surface area (Å²) in [4.78, 5) is 0.520. The van der Waals surface area contributed by atoms with Gasteiger partial charge in [0.25, 0.3) is 0 Å². The molecule has 2 heteroatoms. The van der Waals surface area contributed by atoms with Gasteiger partial charge in [-0.3, -0.25) is 0 Å². The zero-order chi connectivity index (χ0) is 7.73. The van der Waals surface area contributed by atoms with Crippen molar-refractivity contribution in [2.75, 3.05) is 12.3 Å². The van der Waals surface area contributed by atoms with E-state index in [9.17, 15) is 0 Å². The molecule has 64 valence electrons. The molecule has 0 aromatic heterocycles. The first-order chi connectivity index (χ1) is 5.31. The molecule has 1 aliphatic carbocycles. The van der Waals surface area contributed by atoms with Gasteiger partial charge in [-0.05, 0) is 31.1 Å². The first-order valence-electron chi connectivity index (χ1n) is 4.70. The van der Waals surface area contributed by atoms with E-state index in [-0.39, 0.29) is 0 Å². The summed E-state index contributed by atoms with van der Waals surface area (Å²) >= 11 is 2.17. The molecule has 2 aliphatic rings. The van der Waals surface area contributed by atoms with Crippen molar-refractivity contribution in [3.63, 3.8) is 0 Å². The van der Waals surface area contributed by atoms with Crippen LogP contribution in [0.25, 0.3) is 0 Å². The summed E-state index contributed by atoms with van der Waals surface area (Å²) in [6, 6.07) is 0. The van der Waals surface area contributed by atoms with E-state index in [4.69, 9.17) is 0 Å². The Morgan fingerprint density at radius 3 is 2.64 bits per heavy atom. The molecule has 2 fully saturated rings. The molecule has 0 bridgehead atoms. The maximum atomic E-state index is 3.71. The average Bonchev–Trinajstić information content (AvgIpc) is 2.45. The van der Waals surface area contributed by atoms with Crippen LogP contribution in [-0.4, -0.2) is 17.2 Å². The number of hydrogen-bond donors (Lipinski definition) is 1. The standard InChI is InChI=1S/C9H17NS/c1-8-6-10-9(11-7-8)4-2-3-5-9/h8,10H,2-7H2,1H3. The molecule has 1 spiro atoms. The molecular formula is C9H17NS. The Morgan fingerprint density at radius 1 is 1.36 bits per heavy atom. The van der Waals surface area contributed by atoms with E-state index in [1.165, 1.54) is 38.0 Å². The smallest absolute Gasteiger partial charge is 0.0645 e. The van der Waals surface area contributed by atoms with E-state index in [2.05, 4.69) is 24.0 Å². The van der Waals surface area contributed by atoms with Gasteiger partial charge < -0.3 is 5.32 Å². The van der Waals surface area contributed by atoms with Crippen LogP contribution in [0.1, 0.15) is 32.6 Å².